The Kier molecular flexibility index (Phi) is 5.49. The van der Waals surface area contributed by atoms with Crippen molar-refractivity contribution in [3.63, 3.8) is 0 Å². The van der Waals surface area contributed by atoms with Crippen LogP contribution in [0.25, 0.3) is 0 Å². The summed E-state index contributed by atoms with van der Waals surface area (Å²) in [6.07, 6.45) is 3.28. The van der Waals surface area contributed by atoms with Crippen molar-refractivity contribution < 1.29 is 23.7 Å². The second kappa shape index (κ2) is 7.64. The van der Waals surface area contributed by atoms with Gasteiger partial charge in [0.1, 0.15) is 12.4 Å². The lowest BCUT2D eigenvalue weighted by atomic mass is 9.70. The quantitative estimate of drug-likeness (QED) is 0.589. The number of methoxy groups -OCH3 is 1. The summed E-state index contributed by atoms with van der Waals surface area (Å²) in [5.41, 5.74) is 2.88. The molecule has 1 aromatic rings. The number of carbonyl (C=O) groups excluding carboxylic acids is 1. The smallest absolute Gasteiger partial charge is 0.302 e. The van der Waals surface area contributed by atoms with Crippen molar-refractivity contribution >= 4 is 5.97 Å². The second-order valence-electron chi connectivity index (χ2n) is 6.99. The number of hydrogen-bond donors (Lipinski definition) is 0. The van der Waals surface area contributed by atoms with E-state index in [0.717, 1.165) is 35.3 Å². The highest BCUT2D eigenvalue weighted by atomic mass is 16.7. The Hall–Kier alpha value is -2.11. The minimum Gasteiger partial charge on any atom is -0.497 e. The third kappa shape index (κ3) is 3.69. The van der Waals surface area contributed by atoms with Gasteiger partial charge in [0.15, 0.2) is 6.29 Å². The van der Waals surface area contributed by atoms with Crippen LogP contribution < -0.4 is 4.74 Å². The summed E-state index contributed by atoms with van der Waals surface area (Å²) in [4.78, 5) is 11.3. The minimum atomic E-state index is -0.405. The van der Waals surface area contributed by atoms with Gasteiger partial charge in [-0.2, -0.15) is 0 Å². The number of hydrogen-bond acceptors (Lipinski definition) is 5. The first kappa shape index (κ1) is 18.7. The summed E-state index contributed by atoms with van der Waals surface area (Å²) in [5, 5.41) is 0. The Balaban J connectivity index is 1.82. The van der Waals surface area contributed by atoms with Gasteiger partial charge in [0, 0.05) is 17.9 Å². The standard InChI is InChI=1S/C21H26O5/c1-5-21(3)11-10-19-17(18(21)13-24-14(2)22)12-25-20(26-19)15-6-8-16(23-4)9-7-15/h5-9,19-20H,1,10-13H2,2-4H3/t19-,20+,21+/m0/s1. The fraction of sp³-hybridized carbons (Fsp3) is 0.476. The molecular weight excluding hydrogens is 332 g/mol. The molecule has 0 bridgehead atoms. The average Bonchev–Trinajstić information content (AvgIpc) is 2.66. The number of allylic oxidation sites excluding steroid dienone is 1. The maximum absolute atomic E-state index is 11.3. The number of carbonyl (C=O) groups is 1. The molecule has 5 heteroatoms. The number of ether oxygens (including phenoxy) is 4. The molecule has 0 unspecified atom stereocenters. The fourth-order valence-electron chi connectivity index (χ4n) is 3.59. The molecule has 2 aliphatic rings. The van der Waals surface area contributed by atoms with Gasteiger partial charge in [-0.05, 0) is 36.1 Å². The van der Waals surface area contributed by atoms with E-state index in [4.69, 9.17) is 18.9 Å². The van der Waals surface area contributed by atoms with E-state index in [1.807, 2.05) is 30.3 Å². The molecule has 1 aliphatic carbocycles. The Morgan fingerprint density at radius 1 is 1.38 bits per heavy atom. The van der Waals surface area contributed by atoms with Gasteiger partial charge in [-0.25, -0.2) is 0 Å². The summed E-state index contributed by atoms with van der Waals surface area (Å²) in [7, 11) is 1.64. The van der Waals surface area contributed by atoms with Crippen LogP contribution in [0.2, 0.25) is 0 Å². The van der Waals surface area contributed by atoms with Gasteiger partial charge < -0.3 is 18.9 Å². The third-order valence-electron chi connectivity index (χ3n) is 5.33. The van der Waals surface area contributed by atoms with Crippen molar-refractivity contribution in [3.8, 4) is 5.75 Å². The SMILES string of the molecule is C=C[C@]1(C)CC[C@@H]2O[C@H](c3ccc(OC)cc3)OCC2=C1COC(C)=O. The van der Waals surface area contributed by atoms with Crippen LogP contribution in [0.4, 0.5) is 0 Å². The molecule has 0 radical (unpaired) electrons. The third-order valence-corrected chi connectivity index (χ3v) is 5.33. The average molecular weight is 358 g/mol. The monoisotopic (exact) mass is 358 g/mol. The molecule has 0 N–H and O–H groups in total. The van der Waals surface area contributed by atoms with Gasteiger partial charge in [-0.3, -0.25) is 4.79 Å². The molecule has 0 amide bonds. The molecular formula is C21H26O5. The fourth-order valence-corrected chi connectivity index (χ4v) is 3.59. The molecule has 0 saturated carbocycles. The Labute approximate surface area is 154 Å². The van der Waals surface area contributed by atoms with Crippen molar-refractivity contribution in [2.24, 2.45) is 5.41 Å². The first-order chi connectivity index (χ1) is 12.5. The summed E-state index contributed by atoms with van der Waals surface area (Å²) in [6.45, 7) is 8.24. The van der Waals surface area contributed by atoms with E-state index in [0.29, 0.717) is 6.61 Å². The number of rotatable bonds is 5. The van der Waals surface area contributed by atoms with E-state index in [9.17, 15) is 4.79 Å². The van der Waals surface area contributed by atoms with E-state index in [-0.39, 0.29) is 24.1 Å². The summed E-state index contributed by atoms with van der Waals surface area (Å²) < 4.78 is 22.7. The van der Waals surface area contributed by atoms with Crippen LogP contribution in [0.5, 0.6) is 5.75 Å². The zero-order valence-electron chi connectivity index (χ0n) is 15.6. The highest BCUT2D eigenvalue weighted by Gasteiger charge is 2.40. The van der Waals surface area contributed by atoms with Crippen LogP contribution in [0, 0.1) is 5.41 Å². The topological polar surface area (TPSA) is 54.0 Å². The molecule has 140 valence electrons. The predicted molar refractivity (Wildman–Crippen MR) is 97.8 cm³/mol. The van der Waals surface area contributed by atoms with Gasteiger partial charge in [0.2, 0.25) is 0 Å². The number of benzene rings is 1. The summed E-state index contributed by atoms with van der Waals surface area (Å²) >= 11 is 0. The molecule has 1 aliphatic heterocycles. The molecule has 1 aromatic carbocycles. The van der Waals surface area contributed by atoms with Gasteiger partial charge >= 0.3 is 5.97 Å². The number of fused-ring (bicyclic) bond motifs is 1. The number of esters is 1. The molecule has 3 rings (SSSR count). The van der Waals surface area contributed by atoms with E-state index in [2.05, 4.69) is 13.5 Å². The lowest BCUT2D eigenvalue weighted by Crippen LogP contribution is -2.39. The van der Waals surface area contributed by atoms with Crippen LogP contribution in [0.1, 0.15) is 38.5 Å². The van der Waals surface area contributed by atoms with Crippen LogP contribution in [-0.2, 0) is 19.0 Å². The first-order valence-corrected chi connectivity index (χ1v) is 8.87. The molecule has 5 nitrogen and oxygen atoms in total. The normalized spacial score (nSPS) is 28.3. The van der Waals surface area contributed by atoms with Crippen molar-refractivity contribution in [3.05, 3.63) is 53.6 Å². The van der Waals surface area contributed by atoms with Crippen LogP contribution in [0.3, 0.4) is 0 Å². The Morgan fingerprint density at radius 3 is 2.73 bits per heavy atom. The van der Waals surface area contributed by atoms with Crippen molar-refractivity contribution in [1.82, 2.24) is 0 Å². The minimum absolute atomic E-state index is 0.0329. The lowest BCUT2D eigenvalue weighted by Gasteiger charge is -2.43. The van der Waals surface area contributed by atoms with Gasteiger partial charge in [0.05, 0.1) is 19.8 Å². The highest BCUT2D eigenvalue weighted by Crippen LogP contribution is 2.46. The molecule has 3 atom stereocenters. The van der Waals surface area contributed by atoms with Gasteiger partial charge in [0.25, 0.3) is 0 Å². The molecule has 0 aromatic heterocycles. The van der Waals surface area contributed by atoms with Crippen LogP contribution >= 0.6 is 0 Å². The lowest BCUT2D eigenvalue weighted by molar-refractivity contribution is -0.197. The molecule has 0 spiro atoms. The molecule has 1 heterocycles. The highest BCUT2D eigenvalue weighted by molar-refractivity contribution is 5.66. The maximum Gasteiger partial charge on any atom is 0.302 e. The van der Waals surface area contributed by atoms with Crippen molar-refractivity contribution in [1.29, 1.82) is 0 Å². The van der Waals surface area contributed by atoms with E-state index in [1.54, 1.807) is 7.11 Å². The molecule has 1 saturated heterocycles. The Morgan fingerprint density at radius 2 is 2.12 bits per heavy atom. The van der Waals surface area contributed by atoms with Crippen LogP contribution in [0.15, 0.2) is 48.1 Å². The van der Waals surface area contributed by atoms with Gasteiger partial charge in [-0.1, -0.05) is 25.1 Å². The van der Waals surface area contributed by atoms with E-state index in [1.165, 1.54) is 6.92 Å². The second-order valence-corrected chi connectivity index (χ2v) is 6.99. The summed E-state index contributed by atoms with van der Waals surface area (Å²) in [6, 6.07) is 7.70. The molecule has 1 fully saturated rings. The van der Waals surface area contributed by atoms with Crippen LogP contribution in [-0.4, -0.2) is 32.4 Å². The summed E-state index contributed by atoms with van der Waals surface area (Å²) in [5.74, 6) is 0.508. The van der Waals surface area contributed by atoms with E-state index < -0.39 is 6.29 Å². The predicted octanol–water partition coefficient (Wildman–Crippen LogP) is 3.96. The van der Waals surface area contributed by atoms with E-state index >= 15 is 0 Å². The maximum atomic E-state index is 11.3. The zero-order chi connectivity index (χ0) is 18.7. The van der Waals surface area contributed by atoms with Gasteiger partial charge in [-0.15, -0.1) is 6.58 Å². The van der Waals surface area contributed by atoms with Crippen molar-refractivity contribution in [2.45, 2.75) is 39.1 Å². The zero-order valence-corrected chi connectivity index (χ0v) is 15.6. The molecule has 26 heavy (non-hydrogen) atoms. The largest absolute Gasteiger partial charge is 0.497 e. The first-order valence-electron chi connectivity index (χ1n) is 8.87. The van der Waals surface area contributed by atoms with Crippen molar-refractivity contribution in [2.75, 3.05) is 20.3 Å². The Bertz CT molecular complexity index is 706.